The molecule has 122 valence electrons. The van der Waals surface area contributed by atoms with Crippen molar-refractivity contribution in [1.29, 1.82) is 0 Å². The monoisotopic (exact) mass is 351 g/mol. The number of amides is 1. The normalized spacial score (nSPS) is 12.0. The van der Waals surface area contributed by atoms with Crippen LogP contribution >= 0.6 is 23.4 Å². The Bertz CT molecular complexity index is 776. The maximum atomic E-state index is 12.4. The Hall–Kier alpha value is -1.79. The van der Waals surface area contributed by atoms with Crippen LogP contribution in [0.2, 0.25) is 5.02 Å². The lowest BCUT2D eigenvalue weighted by molar-refractivity contribution is -0.115. The number of rotatable bonds is 5. The summed E-state index contributed by atoms with van der Waals surface area (Å²) in [5.74, 6) is -0.151. The Labute approximate surface area is 143 Å². The molecule has 0 aliphatic rings. The fourth-order valence-electron chi connectivity index (χ4n) is 1.96. The molecule has 1 aromatic heterocycles. The van der Waals surface area contributed by atoms with E-state index in [9.17, 15) is 9.59 Å². The van der Waals surface area contributed by atoms with Gasteiger partial charge in [0.2, 0.25) is 5.91 Å². The number of carbonyl (C=O) groups is 1. The highest BCUT2D eigenvalue weighted by atomic mass is 35.5. The number of aromatic amines is 1. The highest BCUT2D eigenvalue weighted by Gasteiger charge is 2.19. The van der Waals surface area contributed by atoms with Gasteiger partial charge in [0, 0.05) is 22.5 Å². The number of anilines is 1. The van der Waals surface area contributed by atoms with E-state index in [-0.39, 0.29) is 16.7 Å². The Balaban J connectivity index is 2.11. The van der Waals surface area contributed by atoms with Crippen LogP contribution in [0.4, 0.5) is 5.69 Å². The smallest absolute Gasteiger partial charge is 0.251 e. The second-order valence-corrected chi connectivity index (χ2v) is 6.76. The van der Waals surface area contributed by atoms with Crippen LogP contribution in [0, 0.1) is 13.8 Å². The van der Waals surface area contributed by atoms with Crippen molar-refractivity contribution < 1.29 is 4.79 Å². The van der Waals surface area contributed by atoms with Crippen LogP contribution in [0.5, 0.6) is 0 Å². The standard InChI is InChI=1S/C16H18ClN3O2S/c1-4-13(23-16-18-10(3)7-14(21)20-16)15(22)19-11-6-5-9(2)12(17)8-11/h5-8,13H,4H2,1-3H3,(H,19,22)(H,18,20,21). The van der Waals surface area contributed by atoms with Crippen molar-refractivity contribution in [1.82, 2.24) is 9.97 Å². The number of benzene rings is 1. The van der Waals surface area contributed by atoms with Gasteiger partial charge < -0.3 is 10.3 Å². The van der Waals surface area contributed by atoms with E-state index in [4.69, 9.17) is 11.6 Å². The molecule has 0 aliphatic heterocycles. The number of carbonyl (C=O) groups excluding carboxylic acids is 1. The van der Waals surface area contributed by atoms with Crippen molar-refractivity contribution >= 4 is 35.0 Å². The Morgan fingerprint density at radius 2 is 2.13 bits per heavy atom. The molecular formula is C16H18ClN3O2S. The third-order valence-electron chi connectivity index (χ3n) is 3.20. The van der Waals surface area contributed by atoms with Gasteiger partial charge in [-0.25, -0.2) is 4.98 Å². The zero-order chi connectivity index (χ0) is 17.0. The van der Waals surface area contributed by atoms with Gasteiger partial charge in [0.25, 0.3) is 5.56 Å². The first-order valence-corrected chi connectivity index (χ1v) is 8.46. The quantitative estimate of drug-likeness (QED) is 0.638. The van der Waals surface area contributed by atoms with Crippen molar-refractivity contribution in [2.75, 3.05) is 5.32 Å². The fourth-order valence-corrected chi connectivity index (χ4v) is 3.10. The van der Waals surface area contributed by atoms with E-state index < -0.39 is 0 Å². The SMILES string of the molecule is CCC(Sc1nc(C)cc(=O)[nH]1)C(=O)Nc1ccc(C)c(Cl)c1. The van der Waals surface area contributed by atoms with Crippen molar-refractivity contribution in [3.63, 3.8) is 0 Å². The predicted molar refractivity (Wildman–Crippen MR) is 94.3 cm³/mol. The molecule has 1 heterocycles. The molecule has 7 heteroatoms. The molecule has 2 rings (SSSR count). The summed E-state index contributed by atoms with van der Waals surface area (Å²) in [6.07, 6.45) is 0.605. The molecule has 1 unspecified atom stereocenters. The van der Waals surface area contributed by atoms with Crippen LogP contribution in [0.15, 0.2) is 34.2 Å². The summed E-state index contributed by atoms with van der Waals surface area (Å²) < 4.78 is 0. The number of H-pyrrole nitrogens is 1. The molecular weight excluding hydrogens is 334 g/mol. The largest absolute Gasteiger partial charge is 0.325 e. The van der Waals surface area contributed by atoms with Crippen LogP contribution < -0.4 is 10.9 Å². The van der Waals surface area contributed by atoms with Crippen LogP contribution in [-0.4, -0.2) is 21.1 Å². The molecule has 2 aromatic rings. The molecule has 0 spiro atoms. The summed E-state index contributed by atoms with van der Waals surface area (Å²) in [6.45, 7) is 5.56. The van der Waals surface area contributed by atoms with E-state index in [0.29, 0.717) is 28.0 Å². The number of hydrogen-bond acceptors (Lipinski definition) is 4. The number of hydrogen-bond donors (Lipinski definition) is 2. The van der Waals surface area contributed by atoms with E-state index in [2.05, 4.69) is 15.3 Å². The highest BCUT2D eigenvalue weighted by molar-refractivity contribution is 8.00. The molecule has 0 radical (unpaired) electrons. The summed E-state index contributed by atoms with van der Waals surface area (Å²) in [7, 11) is 0. The van der Waals surface area contributed by atoms with Gasteiger partial charge in [-0.3, -0.25) is 9.59 Å². The van der Waals surface area contributed by atoms with Crippen LogP contribution in [0.1, 0.15) is 24.6 Å². The third kappa shape index (κ3) is 4.84. The second-order valence-electron chi connectivity index (χ2n) is 5.16. The van der Waals surface area contributed by atoms with Crippen LogP contribution in [0.3, 0.4) is 0 Å². The lowest BCUT2D eigenvalue weighted by atomic mass is 10.2. The number of halogens is 1. The minimum absolute atomic E-state index is 0.151. The van der Waals surface area contributed by atoms with E-state index in [1.54, 1.807) is 13.0 Å². The maximum Gasteiger partial charge on any atom is 0.251 e. The zero-order valence-corrected chi connectivity index (χ0v) is 14.7. The minimum Gasteiger partial charge on any atom is -0.325 e. The molecule has 0 saturated carbocycles. The van der Waals surface area contributed by atoms with Crippen LogP contribution in [0.25, 0.3) is 0 Å². The number of nitrogens with zero attached hydrogens (tertiary/aromatic N) is 1. The van der Waals surface area contributed by atoms with Gasteiger partial charge in [-0.2, -0.15) is 0 Å². The number of thioether (sulfide) groups is 1. The molecule has 1 amide bonds. The van der Waals surface area contributed by atoms with Gasteiger partial charge in [-0.05, 0) is 38.0 Å². The molecule has 5 nitrogen and oxygen atoms in total. The molecule has 2 N–H and O–H groups in total. The van der Waals surface area contributed by atoms with Gasteiger partial charge >= 0.3 is 0 Å². The molecule has 0 aliphatic carbocycles. The fraction of sp³-hybridized carbons (Fsp3) is 0.312. The van der Waals surface area contributed by atoms with Gasteiger partial charge in [0.1, 0.15) is 0 Å². The van der Waals surface area contributed by atoms with E-state index in [1.165, 1.54) is 17.8 Å². The lowest BCUT2D eigenvalue weighted by Gasteiger charge is -2.14. The van der Waals surface area contributed by atoms with Crippen molar-refractivity contribution in [2.24, 2.45) is 0 Å². The predicted octanol–water partition coefficient (Wildman–Crippen LogP) is 3.55. The molecule has 0 bridgehead atoms. The average Bonchev–Trinajstić information content (AvgIpc) is 2.47. The first-order valence-electron chi connectivity index (χ1n) is 7.20. The lowest BCUT2D eigenvalue weighted by Crippen LogP contribution is -2.25. The van der Waals surface area contributed by atoms with Crippen LogP contribution in [-0.2, 0) is 4.79 Å². The summed E-state index contributed by atoms with van der Waals surface area (Å²) in [4.78, 5) is 30.8. The highest BCUT2D eigenvalue weighted by Crippen LogP contribution is 2.24. The van der Waals surface area contributed by atoms with E-state index >= 15 is 0 Å². The third-order valence-corrected chi connectivity index (χ3v) is 4.86. The van der Waals surface area contributed by atoms with Gasteiger partial charge in [-0.15, -0.1) is 0 Å². The average molecular weight is 352 g/mol. The molecule has 1 atom stereocenters. The maximum absolute atomic E-state index is 12.4. The Morgan fingerprint density at radius 3 is 2.74 bits per heavy atom. The van der Waals surface area contributed by atoms with Crippen molar-refractivity contribution in [3.05, 3.63) is 50.9 Å². The summed E-state index contributed by atoms with van der Waals surface area (Å²) in [5, 5.41) is 3.53. The Morgan fingerprint density at radius 1 is 1.39 bits per heavy atom. The first-order chi connectivity index (χ1) is 10.9. The second kappa shape index (κ2) is 7.66. The van der Waals surface area contributed by atoms with Crippen molar-refractivity contribution in [2.45, 2.75) is 37.6 Å². The molecule has 0 fully saturated rings. The summed E-state index contributed by atoms with van der Waals surface area (Å²) in [5.41, 5.74) is 2.00. The summed E-state index contributed by atoms with van der Waals surface area (Å²) >= 11 is 7.31. The Kier molecular flexibility index (Phi) is 5.85. The zero-order valence-electron chi connectivity index (χ0n) is 13.1. The molecule has 23 heavy (non-hydrogen) atoms. The van der Waals surface area contributed by atoms with Gasteiger partial charge in [0.15, 0.2) is 5.16 Å². The number of aromatic nitrogens is 2. The van der Waals surface area contributed by atoms with E-state index in [1.807, 2.05) is 26.0 Å². The minimum atomic E-state index is -0.361. The van der Waals surface area contributed by atoms with Gasteiger partial charge in [-0.1, -0.05) is 36.4 Å². The van der Waals surface area contributed by atoms with Gasteiger partial charge in [0.05, 0.1) is 5.25 Å². The van der Waals surface area contributed by atoms with E-state index in [0.717, 1.165) is 5.56 Å². The first kappa shape index (κ1) is 17.6. The number of aryl methyl sites for hydroxylation is 2. The summed E-state index contributed by atoms with van der Waals surface area (Å²) in [6, 6.07) is 6.80. The number of nitrogens with one attached hydrogen (secondary N) is 2. The molecule has 1 aromatic carbocycles. The topological polar surface area (TPSA) is 74.8 Å². The van der Waals surface area contributed by atoms with Crippen molar-refractivity contribution in [3.8, 4) is 0 Å². The molecule has 0 saturated heterocycles.